The Morgan fingerprint density at radius 1 is 1.39 bits per heavy atom. The Labute approximate surface area is 104 Å². The second kappa shape index (κ2) is 4.96. The van der Waals surface area contributed by atoms with Crippen molar-refractivity contribution in [2.75, 3.05) is 0 Å². The molecule has 1 heterocycles. The van der Waals surface area contributed by atoms with Crippen molar-refractivity contribution in [1.82, 2.24) is 4.98 Å². The van der Waals surface area contributed by atoms with Crippen molar-refractivity contribution in [3.63, 3.8) is 0 Å². The molecule has 0 fully saturated rings. The van der Waals surface area contributed by atoms with E-state index in [1.165, 1.54) is 12.1 Å². The highest BCUT2D eigenvalue weighted by Crippen LogP contribution is 2.24. The van der Waals surface area contributed by atoms with Crippen LogP contribution in [-0.2, 0) is 6.42 Å². The number of halogens is 1. The first-order chi connectivity index (χ1) is 8.63. The van der Waals surface area contributed by atoms with Crippen molar-refractivity contribution in [1.29, 1.82) is 0 Å². The topological polar surface area (TPSA) is 56.0 Å². The van der Waals surface area contributed by atoms with Gasteiger partial charge in [0.1, 0.15) is 5.82 Å². The number of amides is 1. The molecule has 2 aromatic rings. The first-order valence-electron chi connectivity index (χ1n) is 5.67. The van der Waals surface area contributed by atoms with Gasteiger partial charge in [-0.2, -0.15) is 0 Å². The van der Waals surface area contributed by atoms with E-state index >= 15 is 0 Å². The molecule has 0 spiro atoms. The summed E-state index contributed by atoms with van der Waals surface area (Å²) in [5.41, 5.74) is 7.58. The summed E-state index contributed by atoms with van der Waals surface area (Å²) in [7, 11) is 0. The van der Waals surface area contributed by atoms with Gasteiger partial charge >= 0.3 is 0 Å². The van der Waals surface area contributed by atoms with Crippen LogP contribution in [0.5, 0.6) is 0 Å². The standard InChI is InChI=1S/C14H13FN2O/c1-2-13-10(4-3-7-17-13)9-5-6-12(15)11(8-9)14(16)18/h3-8H,2H2,1H3,(H2,16,18). The number of nitrogens with zero attached hydrogens (tertiary/aromatic N) is 1. The monoisotopic (exact) mass is 244 g/mol. The molecule has 0 aliphatic carbocycles. The minimum Gasteiger partial charge on any atom is -0.366 e. The van der Waals surface area contributed by atoms with Crippen molar-refractivity contribution < 1.29 is 9.18 Å². The molecule has 0 radical (unpaired) electrons. The maximum atomic E-state index is 13.4. The fraction of sp³-hybridized carbons (Fsp3) is 0.143. The number of aromatic nitrogens is 1. The highest BCUT2D eigenvalue weighted by atomic mass is 19.1. The van der Waals surface area contributed by atoms with E-state index in [1.54, 1.807) is 12.3 Å². The van der Waals surface area contributed by atoms with Gasteiger partial charge in [0.25, 0.3) is 5.91 Å². The summed E-state index contributed by atoms with van der Waals surface area (Å²) in [5.74, 6) is -1.37. The highest BCUT2D eigenvalue weighted by Gasteiger charge is 2.11. The van der Waals surface area contributed by atoms with Crippen molar-refractivity contribution in [2.24, 2.45) is 5.73 Å². The lowest BCUT2D eigenvalue weighted by Crippen LogP contribution is -2.13. The molecular formula is C14H13FN2O. The van der Waals surface area contributed by atoms with Gasteiger partial charge in [-0.15, -0.1) is 0 Å². The van der Waals surface area contributed by atoms with Crippen LogP contribution in [0.15, 0.2) is 36.5 Å². The first-order valence-corrected chi connectivity index (χ1v) is 5.67. The highest BCUT2D eigenvalue weighted by molar-refractivity contribution is 5.94. The summed E-state index contributed by atoms with van der Waals surface area (Å²) in [6.45, 7) is 1.99. The molecule has 0 saturated heterocycles. The Hall–Kier alpha value is -2.23. The first kappa shape index (κ1) is 12.2. The van der Waals surface area contributed by atoms with E-state index in [1.807, 2.05) is 19.1 Å². The Morgan fingerprint density at radius 2 is 2.17 bits per heavy atom. The van der Waals surface area contributed by atoms with Crippen molar-refractivity contribution in [3.8, 4) is 11.1 Å². The van der Waals surface area contributed by atoms with Crippen molar-refractivity contribution >= 4 is 5.91 Å². The SMILES string of the molecule is CCc1ncccc1-c1ccc(F)c(C(N)=O)c1. The van der Waals surface area contributed by atoms with Gasteiger partial charge in [-0.25, -0.2) is 4.39 Å². The van der Waals surface area contributed by atoms with E-state index in [-0.39, 0.29) is 5.56 Å². The molecule has 1 aromatic carbocycles. The Morgan fingerprint density at radius 3 is 2.83 bits per heavy atom. The zero-order chi connectivity index (χ0) is 13.1. The second-order valence-electron chi connectivity index (χ2n) is 3.91. The van der Waals surface area contributed by atoms with Gasteiger partial charge in [-0.05, 0) is 30.2 Å². The molecule has 0 aliphatic rings. The van der Waals surface area contributed by atoms with Crippen molar-refractivity contribution in [2.45, 2.75) is 13.3 Å². The van der Waals surface area contributed by atoms with Crippen molar-refractivity contribution in [3.05, 3.63) is 53.6 Å². The van der Waals surface area contributed by atoms with Gasteiger partial charge in [0.2, 0.25) is 0 Å². The number of rotatable bonds is 3. The molecule has 2 N–H and O–H groups in total. The number of nitrogens with two attached hydrogens (primary N) is 1. The number of hydrogen-bond acceptors (Lipinski definition) is 2. The molecule has 2 rings (SSSR count). The van der Waals surface area contributed by atoms with Crippen LogP contribution in [0, 0.1) is 5.82 Å². The molecule has 4 heteroatoms. The van der Waals surface area contributed by atoms with Gasteiger partial charge in [0.15, 0.2) is 0 Å². The lowest BCUT2D eigenvalue weighted by Gasteiger charge is -2.08. The van der Waals surface area contributed by atoms with Crippen LogP contribution in [0.25, 0.3) is 11.1 Å². The molecule has 3 nitrogen and oxygen atoms in total. The molecular weight excluding hydrogens is 231 g/mol. The zero-order valence-electron chi connectivity index (χ0n) is 9.98. The summed E-state index contributed by atoms with van der Waals surface area (Å²) in [6.07, 6.45) is 2.47. The Balaban J connectivity index is 2.58. The quantitative estimate of drug-likeness (QED) is 0.902. The number of pyridine rings is 1. The Kier molecular flexibility index (Phi) is 3.37. The minimum atomic E-state index is -0.767. The van der Waals surface area contributed by atoms with E-state index in [2.05, 4.69) is 4.98 Å². The number of aryl methyl sites for hydroxylation is 1. The lowest BCUT2D eigenvalue weighted by molar-refractivity contribution is 0.0996. The number of carbonyl (C=O) groups excluding carboxylic acids is 1. The third-order valence-electron chi connectivity index (χ3n) is 2.77. The van der Waals surface area contributed by atoms with Crippen LogP contribution in [-0.4, -0.2) is 10.9 Å². The van der Waals surface area contributed by atoms with Crippen LogP contribution in [0.3, 0.4) is 0 Å². The molecule has 0 bridgehead atoms. The number of hydrogen-bond donors (Lipinski definition) is 1. The zero-order valence-corrected chi connectivity index (χ0v) is 9.98. The number of carbonyl (C=O) groups is 1. The predicted octanol–water partition coefficient (Wildman–Crippen LogP) is 2.55. The maximum Gasteiger partial charge on any atom is 0.251 e. The Bertz CT molecular complexity index is 596. The summed E-state index contributed by atoms with van der Waals surface area (Å²) in [5, 5.41) is 0. The largest absolute Gasteiger partial charge is 0.366 e. The smallest absolute Gasteiger partial charge is 0.251 e. The molecule has 0 unspecified atom stereocenters. The molecule has 0 atom stereocenters. The van der Waals surface area contributed by atoms with E-state index in [0.717, 1.165) is 23.2 Å². The summed E-state index contributed by atoms with van der Waals surface area (Å²) in [6, 6.07) is 8.04. The van der Waals surface area contributed by atoms with E-state index < -0.39 is 11.7 Å². The van der Waals surface area contributed by atoms with Gasteiger partial charge in [0.05, 0.1) is 5.56 Å². The fourth-order valence-electron chi connectivity index (χ4n) is 1.86. The average Bonchev–Trinajstić information content (AvgIpc) is 2.39. The van der Waals surface area contributed by atoms with Crippen LogP contribution in [0.1, 0.15) is 23.0 Å². The summed E-state index contributed by atoms with van der Waals surface area (Å²) >= 11 is 0. The van der Waals surface area contributed by atoms with Gasteiger partial charge in [0, 0.05) is 17.5 Å². The minimum absolute atomic E-state index is 0.0987. The van der Waals surface area contributed by atoms with Gasteiger partial charge in [-0.1, -0.05) is 19.1 Å². The maximum absolute atomic E-state index is 13.4. The average molecular weight is 244 g/mol. The lowest BCUT2D eigenvalue weighted by atomic mass is 10.00. The van der Waals surface area contributed by atoms with Crippen LogP contribution in [0.2, 0.25) is 0 Å². The normalized spacial score (nSPS) is 10.3. The van der Waals surface area contributed by atoms with Crippen LogP contribution >= 0.6 is 0 Å². The summed E-state index contributed by atoms with van der Waals surface area (Å²) in [4.78, 5) is 15.4. The van der Waals surface area contributed by atoms with Crippen LogP contribution in [0.4, 0.5) is 4.39 Å². The fourth-order valence-corrected chi connectivity index (χ4v) is 1.86. The molecule has 1 amide bonds. The molecule has 92 valence electrons. The number of benzene rings is 1. The third-order valence-corrected chi connectivity index (χ3v) is 2.77. The van der Waals surface area contributed by atoms with E-state index in [0.29, 0.717) is 0 Å². The number of primary amides is 1. The predicted molar refractivity (Wildman–Crippen MR) is 67.5 cm³/mol. The molecule has 1 aromatic heterocycles. The third kappa shape index (κ3) is 2.22. The van der Waals surface area contributed by atoms with Gasteiger partial charge < -0.3 is 5.73 Å². The second-order valence-corrected chi connectivity index (χ2v) is 3.91. The summed E-state index contributed by atoms with van der Waals surface area (Å²) < 4.78 is 13.4. The van der Waals surface area contributed by atoms with Crippen LogP contribution < -0.4 is 5.73 Å². The molecule has 0 saturated carbocycles. The van der Waals surface area contributed by atoms with E-state index in [9.17, 15) is 9.18 Å². The molecule has 18 heavy (non-hydrogen) atoms. The van der Waals surface area contributed by atoms with Gasteiger partial charge in [-0.3, -0.25) is 9.78 Å². The molecule has 0 aliphatic heterocycles. The van der Waals surface area contributed by atoms with E-state index in [4.69, 9.17) is 5.73 Å².